The summed E-state index contributed by atoms with van der Waals surface area (Å²) in [5.41, 5.74) is 3.09. The quantitative estimate of drug-likeness (QED) is 0.374. The van der Waals surface area contributed by atoms with Gasteiger partial charge in [0.1, 0.15) is 0 Å². The van der Waals surface area contributed by atoms with Gasteiger partial charge in [0.25, 0.3) is 0 Å². The van der Waals surface area contributed by atoms with Crippen molar-refractivity contribution in [3.8, 4) is 0 Å². The van der Waals surface area contributed by atoms with Crippen molar-refractivity contribution in [2.45, 2.75) is 6.92 Å². The summed E-state index contributed by atoms with van der Waals surface area (Å²) in [5.74, 6) is -0.629. The first-order valence-corrected chi connectivity index (χ1v) is 2.22. The van der Waals surface area contributed by atoms with Crippen LogP contribution in [0.3, 0.4) is 0 Å². The summed E-state index contributed by atoms with van der Waals surface area (Å²) >= 11 is 0. The van der Waals surface area contributed by atoms with Gasteiger partial charge in [-0.25, -0.2) is 10.2 Å². The molecule has 0 unspecified atom stereocenters. The molecule has 10 heavy (non-hydrogen) atoms. The number of rotatable bonds is 0. The monoisotopic (exact) mass is 153 g/mol. The van der Waals surface area contributed by atoms with Crippen molar-refractivity contribution in [2.24, 2.45) is 0 Å². The molecule has 0 rings (SSSR count). The van der Waals surface area contributed by atoms with E-state index in [2.05, 4.69) is 0 Å². The molecule has 7 heteroatoms. The maximum Gasteiger partial charge on any atom is 0.394 e. The van der Waals surface area contributed by atoms with Crippen molar-refractivity contribution < 1.29 is 18.6 Å². The molecule has 3 amide bonds. The maximum absolute atomic E-state index is 11.1. The summed E-state index contributed by atoms with van der Waals surface area (Å²) in [4.78, 5) is 19.9. The van der Waals surface area contributed by atoms with E-state index in [1.54, 1.807) is 5.43 Å². The van der Waals surface area contributed by atoms with E-state index in [1.165, 1.54) is 5.43 Å². The van der Waals surface area contributed by atoms with Crippen molar-refractivity contribution in [3.05, 3.63) is 0 Å². The Morgan fingerprint density at radius 3 is 2.10 bits per heavy atom. The molecule has 0 aliphatic heterocycles. The minimum absolute atomic E-state index is 0.629. The van der Waals surface area contributed by atoms with E-state index in [-0.39, 0.29) is 0 Å². The fraction of sp³-hybridized carbons (Fsp3) is 0.333. The van der Waals surface area contributed by atoms with Crippen LogP contribution in [0.2, 0.25) is 0 Å². The summed E-state index contributed by atoms with van der Waals surface area (Å²) in [6.07, 6.45) is 0. The predicted octanol–water partition coefficient (Wildman–Crippen LogP) is -0.182. The van der Waals surface area contributed by atoms with Gasteiger partial charge >= 0.3 is 6.03 Å². The molecule has 0 heterocycles. The lowest BCUT2D eigenvalue weighted by molar-refractivity contribution is -0.121. The van der Waals surface area contributed by atoms with Gasteiger partial charge in [0.05, 0.1) is 0 Å². The molecule has 0 spiro atoms. The molecule has 0 aliphatic carbocycles. The molecule has 0 bridgehead atoms. The van der Waals surface area contributed by atoms with E-state index in [9.17, 15) is 18.6 Å². The third-order valence-electron chi connectivity index (χ3n) is 0.499. The minimum atomic E-state index is -1.68. The SMILES string of the molecule is CC(=O)NNC(=O)N(F)F. The average Bonchev–Trinajstić information content (AvgIpc) is 1.82. The number of amides is 3. The molecule has 0 aromatic carbocycles. The molecule has 5 nitrogen and oxygen atoms in total. The zero-order valence-corrected chi connectivity index (χ0v) is 5.02. The van der Waals surface area contributed by atoms with Gasteiger partial charge in [-0.3, -0.25) is 10.2 Å². The first-order chi connectivity index (χ1) is 4.54. The van der Waals surface area contributed by atoms with Gasteiger partial charge in [0, 0.05) is 12.3 Å². The Bertz CT molecular complexity index is 149. The summed E-state index contributed by atoms with van der Waals surface area (Å²) < 4.78 is 22.3. The molecular formula is C3H5F2N3O2. The van der Waals surface area contributed by atoms with E-state index in [4.69, 9.17) is 0 Å². The third kappa shape index (κ3) is 3.58. The topological polar surface area (TPSA) is 61.4 Å². The Kier molecular flexibility index (Phi) is 3.09. The average molecular weight is 153 g/mol. The Morgan fingerprint density at radius 1 is 1.30 bits per heavy atom. The Balaban J connectivity index is 3.50. The maximum atomic E-state index is 11.1. The van der Waals surface area contributed by atoms with Crippen LogP contribution < -0.4 is 10.9 Å². The van der Waals surface area contributed by atoms with Crippen LogP contribution in [0.15, 0.2) is 0 Å². The van der Waals surface area contributed by atoms with Crippen LogP contribution in [0, 0.1) is 0 Å². The van der Waals surface area contributed by atoms with Gasteiger partial charge in [0.15, 0.2) is 0 Å². The number of carbonyl (C=O) groups excluding carboxylic acids is 2. The Hall–Kier alpha value is -1.40. The highest BCUT2D eigenvalue weighted by Crippen LogP contribution is 1.86. The molecule has 58 valence electrons. The molecular weight excluding hydrogens is 148 g/mol. The molecule has 0 saturated heterocycles. The normalized spacial score (nSPS) is 8.30. The molecule has 0 atom stereocenters. The van der Waals surface area contributed by atoms with E-state index < -0.39 is 17.3 Å². The number of nitrogens with one attached hydrogen (secondary N) is 2. The number of halogens is 2. The molecule has 0 aliphatic rings. The Morgan fingerprint density at radius 2 is 1.80 bits per heavy atom. The predicted molar refractivity (Wildman–Crippen MR) is 26.4 cm³/mol. The van der Waals surface area contributed by atoms with Gasteiger partial charge in [-0.15, -0.1) is 0 Å². The standard InChI is InChI=1S/C3H5F2N3O2/c1-2(9)6-7-3(10)8(4)5/h1H3,(H,6,9)(H,7,10). The van der Waals surface area contributed by atoms with Crippen LogP contribution in [0.25, 0.3) is 0 Å². The van der Waals surface area contributed by atoms with Gasteiger partial charge in [-0.05, 0) is 0 Å². The summed E-state index contributed by atoms with van der Waals surface area (Å²) in [5, 5.41) is -1.68. The largest absolute Gasteiger partial charge is 0.394 e. The van der Waals surface area contributed by atoms with Gasteiger partial charge < -0.3 is 0 Å². The van der Waals surface area contributed by atoms with E-state index in [0.29, 0.717) is 0 Å². The molecule has 0 aromatic rings. The number of urea groups is 1. The molecule has 0 saturated carbocycles. The lowest BCUT2D eigenvalue weighted by Gasteiger charge is -2.02. The van der Waals surface area contributed by atoms with Gasteiger partial charge in [0.2, 0.25) is 5.91 Å². The van der Waals surface area contributed by atoms with E-state index in [1.807, 2.05) is 0 Å². The smallest absolute Gasteiger partial charge is 0.274 e. The second-order valence-corrected chi connectivity index (χ2v) is 1.34. The number of hydrazine groups is 1. The highest BCUT2D eigenvalue weighted by Gasteiger charge is 2.09. The number of carbonyl (C=O) groups is 2. The van der Waals surface area contributed by atoms with Crippen LogP contribution in [-0.4, -0.2) is 17.3 Å². The lowest BCUT2D eigenvalue weighted by Crippen LogP contribution is -2.43. The number of nitrogens with zero attached hydrogens (tertiary/aromatic N) is 1. The lowest BCUT2D eigenvalue weighted by atomic mass is 10.8. The molecule has 0 fully saturated rings. The molecule has 0 radical (unpaired) electrons. The van der Waals surface area contributed by atoms with E-state index >= 15 is 0 Å². The fourth-order valence-corrected chi connectivity index (χ4v) is 0.184. The zero-order chi connectivity index (χ0) is 8.15. The Labute approximate surface area is 54.8 Å². The van der Waals surface area contributed by atoms with Crippen molar-refractivity contribution in [1.82, 2.24) is 16.2 Å². The third-order valence-corrected chi connectivity index (χ3v) is 0.499. The van der Waals surface area contributed by atoms with Crippen LogP contribution in [-0.2, 0) is 4.79 Å². The first-order valence-electron chi connectivity index (χ1n) is 2.22. The summed E-state index contributed by atoms with van der Waals surface area (Å²) in [7, 11) is 0. The van der Waals surface area contributed by atoms with E-state index in [0.717, 1.165) is 6.92 Å². The van der Waals surface area contributed by atoms with Crippen molar-refractivity contribution in [2.75, 3.05) is 0 Å². The van der Waals surface area contributed by atoms with Crippen molar-refractivity contribution in [3.63, 3.8) is 0 Å². The van der Waals surface area contributed by atoms with Crippen molar-refractivity contribution >= 4 is 11.9 Å². The second kappa shape index (κ2) is 3.59. The molecule has 0 aromatic heterocycles. The van der Waals surface area contributed by atoms with Crippen LogP contribution >= 0.6 is 0 Å². The first kappa shape index (κ1) is 8.60. The van der Waals surface area contributed by atoms with Crippen LogP contribution in [0.4, 0.5) is 13.8 Å². The highest BCUT2D eigenvalue weighted by molar-refractivity contribution is 5.78. The fourth-order valence-electron chi connectivity index (χ4n) is 0.184. The number of hydrogen-bond acceptors (Lipinski definition) is 2. The van der Waals surface area contributed by atoms with Crippen LogP contribution in [0.1, 0.15) is 6.92 Å². The zero-order valence-electron chi connectivity index (χ0n) is 5.02. The van der Waals surface area contributed by atoms with Crippen molar-refractivity contribution in [1.29, 1.82) is 0 Å². The molecule has 2 N–H and O–H groups in total. The number of hydrogen-bond donors (Lipinski definition) is 2. The van der Waals surface area contributed by atoms with Gasteiger partial charge in [-0.1, -0.05) is 8.96 Å². The summed E-state index contributed by atoms with van der Waals surface area (Å²) in [6, 6.07) is -1.68. The van der Waals surface area contributed by atoms with Gasteiger partial charge in [-0.2, -0.15) is 0 Å². The summed E-state index contributed by atoms with van der Waals surface area (Å²) in [6.45, 7) is 1.07. The minimum Gasteiger partial charge on any atom is -0.274 e. The highest BCUT2D eigenvalue weighted by atomic mass is 19.4. The second-order valence-electron chi connectivity index (χ2n) is 1.34. The van der Waals surface area contributed by atoms with Crippen LogP contribution in [0.5, 0.6) is 0 Å².